The van der Waals surface area contributed by atoms with Crippen LogP contribution in [0.5, 0.6) is 0 Å². The average Bonchev–Trinajstić information content (AvgIpc) is 2.15. The van der Waals surface area contributed by atoms with Gasteiger partial charge in [0.15, 0.2) is 0 Å². The third-order valence-corrected chi connectivity index (χ3v) is 3.52. The molecule has 0 spiro atoms. The largest absolute Gasteiger partial charge is 0.478 e. The molecule has 0 bridgehead atoms. The lowest BCUT2D eigenvalue weighted by Gasteiger charge is -2.11. The van der Waals surface area contributed by atoms with Gasteiger partial charge < -0.3 is 5.11 Å². The van der Waals surface area contributed by atoms with E-state index < -0.39 is 5.97 Å². The van der Waals surface area contributed by atoms with Crippen molar-refractivity contribution in [2.75, 3.05) is 0 Å². The lowest BCUT2D eigenvalue weighted by atomic mass is 10.2. The molecule has 1 heterocycles. The van der Waals surface area contributed by atoms with E-state index in [4.69, 9.17) is 5.11 Å². The van der Waals surface area contributed by atoms with Crippen LogP contribution in [0.15, 0.2) is 5.03 Å². The zero-order chi connectivity index (χ0) is 12.3. The molecule has 1 N–H and O–H groups in total. The summed E-state index contributed by atoms with van der Waals surface area (Å²) in [4.78, 5) is 19.4. The number of rotatable bonds is 4. The number of hydrogen-bond acceptors (Lipinski definition) is 4. The molecule has 1 unspecified atom stereocenters. The molecule has 5 heteroatoms. The first-order valence-electron chi connectivity index (χ1n) is 5.20. The Morgan fingerprint density at radius 1 is 1.44 bits per heavy atom. The fraction of sp³-hybridized carbons (Fsp3) is 0.545. The van der Waals surface area contributed by atoms with Gasteiger partial charge in [0, 0.05) is 5.25 Å². The lowest BCUT2D eigenvalue weighted by Crippen LogP contribution is -2.09. The van der Waals surface area contributed by atoms with Crippen molar-refractivity contribution in [3.05, 3.63) is 17.1 Å². The van der Waals surface area contributed by atoms with E-state index in [2.05, 4.69) is 23.8 Å². The summed E-state index contributed by atoms with van der Waals surface area (Å²) >= 11 is 1.49. The van der Waals surface area contributed by atoms with Gasteiger partial charge >= 0.3 is 5.97 Å². The van der Waals surface area contributed by atoms with E-state index in [-0.39, 0.29) is 5.56 Å². The predicted octanol–water partition coefficient (Wildman–Crippen LogP) is 2.68. The Balaban J connectivity index is 3.19. The van der Waals surface area contributed by atoms with Crippen molar-refractivity contribution in [3.63, 3.8) is 0 Å². The van der Waals surface area contributed by atoms with Crippen molar-refractivity contribution >= 4 is 17.7 Å². The first kappa shape index (κ1) is 13.0. The number of thioether (sulfide) groups is 1. The number of nitrogens with zero attached hydrogens (tertiary/aromatic N) is 2. The second-order valence-corrected chi connectivity index (χ2v) is 5.11. The van der Waals surface area contributed by atoms with Crippen molar-refractivity contribution < 1.29 is 9.90 Å². The highest BCUT2D eigenvalue weighted by molar-refractivity contribution is 7.99. The Kier molecular flexibility index (Phi) is 4.29. The molecule has 1 atom stereocenters. The molecule has 16 heavy (non-hydrogen) atoms. The van der Waals surface area contributed by atoms with Crippen molar-refractivity contribution in [3.8, 4) is 0 Å². The zero-order valence-corrected chi connectivity index (χ0v) is 10.8. The normalized spacial score (nSPS) is 12.5. The van der Waals surface area contributed by atoms with E-state index >= 15 is 0 Å². The molecule has 4 nitrogen and oxygen atoms in total. The lowest BCUT2D eigenvalue weighted by molar-refractivity contribution is 0.0690. The van der Waals surface area contributed by atoms with Crippen molar-refractivity contribution in [2.45, 2.75) is 44.4 Å². The third kappa shape index (κ3) is 2.95. The van der Waals surface area contributed by atoms with Gasteiger partial charge in [0.2, 0.25) is 0 Å². The van der Waals surface area contributed by atoms with Crippen LogP contribution in [0.25, 0.3) is 0 Å². The maximum Gasteiger partial charge on any atom is 0.340 e. The molecule has 0 aromatic carbocycles. The molecular weight excluding hydrogens is 224 g/mol. The summed E-state index contributed by atoms with van der Waals surface area (Å²) in [5.41, 5.74) is 0.765. The van der Waals surface area contributed by atoms with Crippen LogP contribution in [0.1, 0.15) is 42.1 Å². The first-order chi connectivity index (χ1) is 7.45. The molecule has 1 rings (SSSR count). The van der Waals surface area contributed by atoms with E-state index in [1.54, 1.807) is 13.8 Å². The summed E-state index contributed by atoms with van der Waals surface area (Å²) in [6.45, 7) is 7.61. The standard InChI is InChI=1S/C11H16N2O2S/c1-5-6(2)16-10-9(11(14)15)7(3)12-8(4)13-10/h6H,5H2,1-4H3,(H,14,15). The summed E-state index contributed by atoms with van der Waals surface area (Å²) in [5.74, 6) is -0.336. The third-order valence-electron chi connectivity index (χ3n) is 2.27. The van der Waals surface area contributed by atoms with E-state index in [1.165, 1.54) is 11.8 Å². The average molecular weight is 240 g/mol. The second-order valence-electron chi connectivity index (χ2n) is 3.68. The molecule has 0 amide bonds. The van der Waals surface area contributed by atoms with Gasteiger partial charge in [-0.15, -0.1) is 11.8 Å². The summed E-state index contributed by atoms with van der Waals surface area (Å²) < 4.78 is 0. The Morgan fingerprint density at radius 2 is 2.06 bits per heavy atom. The summed E-state index contributed by atoms with van der Waals surface area (Å²) in [5, 5.41) is 10.1. The molecule has 0 fully saturated rings. The maximum atomic E-state index is 11.1. The van der Waals surface area contributed by atoms with Gasteiger partial charge in [-0.25, -0.2) is 14.8 Å². The highest BCUT2D eigenvalue weighted by atomic mass is 32.2. The van der Waals surface area contributed by atoms with Gasteiger partial charge in [-0.3, -0.25) is 0 Å². The molecule has 88 valence electrons. The summed E-state index contributed by atoms with van der Waals surface area (Å²) in [7, 11) is 0. The van der Waals surface area contributed by atoms with Crippen LogP contribution < -0.4 is 0 Å². The van der Waals surface area contributed by atoms with Gasteiger partial charge in [-0.2, -0.15) is 0 Å². The summed E-state index contributed by atoms with van der Waals surface area (Å²) in [6, 6.07) is 0. The fourth-order valence-electron chi connectivity index (χ4n) is 1.29. The maximum absolute atomic E-state index is 11.1. The molecule has 0 saturated heterocycles. The van der Waals surface area contributed by atoms with Crippen LogP contribution in [-0.4, -0.2) is 26.3 Å². The molecule has 0 aliphatic carbocycles. The van der Waals surface area contributed by atoms with Crippen molar-refractivity contribution in [1.82, 2.24) is 9.97 Å². The Bertz CT molecular complexity index is 407. The van der Waals surface area contributed by atoms with E-state index in [9.17, 15) is 4.79 Å². The Labute approximate surface area is 99.5 Å². The fourth-order valence-corrected chi connectivity index (χ4v) is 2.37. The number of aryl methyl sites for hydroxylation is 2. The molecule has 0 radical (unpaired) electrons. The zero-order valence-electron chi connectivity index (χ0n) is 9.94. The number of hydrogen-bond donors (Lipinski definition) is 1. The van der Waals surface area contributed by atoms with Crippen LogP contribution in [-0.2, 0) is 0 Å². The molecule has 1 aromatic rings. The first-order valence-corrected chi connectivity index (χ1v) is 6.08. The van der Waals surface area contributed by atoms with Gasteiger partial charge in [0.25, 0.3) is 0 Å². The number of carboxylic acids is 1. The van der Waals surface area contributed by atoms with Crippen LogP contribution in [0, 0.1) is 13.8 Å². The van der Waals surface area contributed by atoms with E-state index in [1.807, 2.05) is 0 Å². The molecule has 0 saturated carbocycles. The van der Waals surface area contributed by atoms with E-state index in [0.29, 0.717) is 21.8 Å². The van der Waals surface area contributed by atoms with Gasteiger partial charge in [0.05, 0.1) is 5.69 Å². The van der Waals surface area contributed by atoms with Crippen LogP contribution in [0.2, 0.25) is 0 Å². The highest BCUT2D eigenvalue weighted by Gasteiger charge is 2.18. The quantitative estimate of drug-likeness (QED) is 0.647. The molecule has 1 aromatic heterocycles. The van der Waals surface area contributed by atoms with Gasteiger partial charge in [0.1, 0.15) is 16.4 Å². The predicted molar refractivity (Wildman–Crippen MR) is 64.1 cm³/mol. The van der Waals surface area contributed by atoms with Crippen molar-refractivity contribution in [1.29, 1.82) is 0 Å². The molecular formula is C11H16N2O2S. The minimum Gasteiger partial charge on any atom is -0.478 e. The topological polar surface area (TPSA) is 63.1 Å². The van der Waals surface area contributed by atoms with Gasteiger partial charge in [-0.05, 0) is 20.3 Å². The van der Waals surface area contributed by atoms with Crippen LogP contribution in [0.4, 0.5) is 0 Å². The number of carbonyl (C=O) groups is 1. The SMILES string of the molecule is CCC(C)Sc1nc(C)nc(C)c1C(=O)O. The van der Waals surface area contributed by atoms with E-state index in [0.717, 1.165) is 6.42 Å². The Morgan fingerprint density at radius 3 is 2.56 bits per heavy atom. The van der Waals surface area contributed by atoms with Crippen LogP contribution in [0.3, 0.4) is 0 Å². The van der Waals surface area contributed by atoms with Gasteiger partial charge in [-0.1, -0.05) is 13.8 Å². The van der Waals surface area contributed by atoms with Crippen molar-refractivity contribution in [2.24, 2.45) is 0 Å². The highest BCUT2D eigenvalue weighted by Crippen LogP contribution is 2.27. The number of aromatic nitrogens is 2. The second kappa shape index (κ2) is 5.30. The molecule has 0 aliphatic rings. The Hall–Kier alpha value is -1.10. The number of aromatic carboxylic acids is 1. The minimum atomic E-state index is -0.955. The summed E-state index contributed by atoms with van der Waals surface area (Å²) in [6.07, 6.45) is 0.978. The monoisotopic (exact) mass is 240 g/mol. The molecule has 0 aliphatic heterocycles. The number of carboxylic acid groups (broad SMARTS) is 1. The smallest absolute Gasteiger partial charge is 0.340 e. The minimum absolute atomic E-state index is 0.232. The van der Waals surface area contributed by atoms with Crippen LogP contribution >= 0.6 is 11.8 Å².